The molecule has 0 heterocycles. The number of nitrogens with zero attached hydrogens (tertiary/aromatic N) is 1. The molecule has 0 fully saturated rings. The molecular weight excluding hydrogens is 238 g/mol. The highest BCUT2D eigenvalue weighted by molar-refractivity contribution is 7.89. The lowest BCUT2D eigenvalue weighted by molar-refractivity contribution is 0.598. The number of nitrogens with two attached hydrogens (primary N) is 2. The first kappa shape index (κ1) is 14.0. The molecule has 0 aliphatic heterocycles. The Morgan fingerprint density at radius 1 is 1.29 bits per heavy atom. The molecule has 17 heavy (non-hydrogen) atoms. The summed E-state index contributed by atoms with van der Waals surface area (Å²) in [5.74, 6) is 0. The van der Waals surface area contributed by atoms with Crippen molar-refractivity contribution in [3.8, 4) is 0 Å². The molecule has 0 saturated carbocycles. The number of hydrogen-bond acceptors (Lipinski definition) is 4. The monoisotopic (exact) mass is 257 g/mol. The third kappa shape index (κ3) is 4.33. The average molecular weight is 257 g/mol. The topological polar surface area (TPSA) is 89.4 Å². The second-order valence-electron chi connectivity index (χ2n) is 4.23. The third-order valence-electron chi connectivity index (χ3n) is 2.53. The molecule has 1 rings (SSSR count). The lowest BCUT2D eigenvalue weighted by Gasteiger charge is -2.20. The van der Waals surface area contributed by atoms with Gasteiger partial charge in [0.15, 0.2) is 0 Å². The molecule has 0 aliphatic rings. The standard InChI is InChI=1S/C11H19N3O2S/c1-9(12)7-8-14(2)10-3-5-11(6-4-10)17(13,15)16/h3-6,9H,7-8,12H2,1-2H3,(H2,13,15,16). The van der Waals surface area contributed by atoms with Crippen molar-refractivity contribution in [2.24, 2.45) is 10.9 Å². The summed E-state index contributed by atoms with van der Waals surface area (Å²) in [5, 5.41) is 5.02. The minimum absolute atomic E-state index is 0.127. The summed E-state index contributed by atoms with van der Waals surface area (Å²) < 4.78 is 22.2. The van der Waals surface area contributed by atoms with Crippen molar-refractivity contribution in [2.45, 2.75) is 24.3 Å². The van der Waals surface area contributed by atoms with Crippen molar-refractivity contribution < 1.29 is 8.42 Å². The molecule has 1 atom stereocenters. The highest BCUT2D eigenvalue weighted by Gasteiger charge is 2.08. The molecule has 6 heteroatoms. The number of hydrogen-bond donors (Lipinski definition) is 2. The molecule has 4 N–H and O–H groups in total. The second-order valence-corrected chi connectivity index (χ2v) is 5.79. The van der Waals surface area contributed by atoms with E-state index in [1.165, 1.54) is 12.1 Å². The van der Waals surface area contributed by atoms with Gasteiger partial charge in [0.1, 0.15) is 0 Å². The highest BCUT2D eigenvalue weighted by Crippen LogP contribution is 2.16. The van der Waals surface area contributed by atoms with Crippen LogP contribution in [0.3, 0.4) is 0 Å². The first-order valence-electron chi connectivity index (χ1n) is 5.40. The number of anilines is 1. The van der Waals surface area contributed by atoms with Crippen LogP contribution in [-0.4, -0.2) is 28.1 Å². The fraction of sp³-hybridized carbons (Fsp3) is 0.455. The van der Waals surface area contributed by atoms with Crippen LogP contribution < -0.4 is 15.8 Å². The maximum absolute atomic E-state index is 11.1. The summed E-state index contributed by atoms with van der Waals surface area (Å²) in [5.41, 5.74) is 6.62. The summed E-state index contributed by atoms with van der Waals surface area (Å²) in [6.07, 6.45) is 0.882. The maximum Gasteiger partial charge on any atom is 0.238 e. The minimum Gasteiger partial charge on any atom is -0.375 e. The Morgan fingerprint density at radius 2 is 1.82 bits per heavy atom. The zero-order chi connectivity index (χ0) is 13.1. The molecule has 1 unspecified atom stereocenters. The predicted molar refractivity (Wildman–Crippen MR) is 69.4 cm³/mol. The van der Waals surface area contributed by atoms with Gasteiger partial charge in [-0.25, -0.2) is 13.6 Å². The Labute approximate surface area is 102 Å². The van der Waals surface area contributed by atoms with E-state index in [1.54, 1.807) is 12.1 Å². The van der Waals surface area contributed by atoms with Gasteiger partial charge >= 0.3 is 0 Å². The number of primary sulfonamides is 1. The zero-order valence-corrected chi connectivity index (χ0v) is 10.9. The summed E-state index contributed by atoms with van der Waals surface area (Å²) in [7, 11) is -1.67. The molecule has 96 valence electrons. The average Bonchev–Trinajstić information content (AvgIpc) is 2.25. The molecule has 1 aromatic rings. The van der Waals surface area contributed by atoms with Crippen molar-refractivity contribution in [1.82, 2.24) is 0 Å². The van der Waals surface area contributed by atoms with Crippen molar-refractivity contribution >= 4 is 15.7 Å². The van der Waals surface area contributed by atoms with Gasteiger partial charge in [-0.3, -0.25) is 0 Å². The van der Waals surface area contributed by atoms with Gasteiger partial charge in [0.25, 0.3) is 0 Å². The molecule has 0 aliphatic carbocycles. The van der Waals surface area contributed by atoms with E-state index in [0.717, 1.165) is 18.7 Å². The van der Waals surface area contributed by atoms with Gasteiger partial charge in [-0.2, -0.15) is 0 Å². The van der Waals surface area contributed by atoms with E-state index < -0.39 is 10.0 Å². The van der Waals surface area contributed by atoms with E-state index >= 15 is 0 Å². The van der Waals surface area contributed by atoms with Gasteiger partial charge in [0, 0.05) is 25.3 Å². The Kier molecular flexibility index (Phi) is 4.50. The predicted octanol–water partition coefficient (Wildman–Crippen LogP) is 0.508. The lowest BCUT2D eigenvalue weighted by atomic mass is 10.2. The van der Waals surface area contributed by atoms with Crippen LogP contribution in [0.15, 0.2) is 29.2 Å². The third-order valence-corrected chi connectivity index (χ3v) is 3.46. The van der Waals surface area contributed by atoms with Gasteiger partial charge in [-0.15, -0.1) is 0 Å². The van der Waals surface area contributed by atoms with Crippen LogP contribution in [0.2, 0.25) is 0 Å². The smallest absolute Gasteiger partial charge is 0.238 e. The Hall–Kier alpha value is -1.11. The van der Waals surface area contributed by atoms with Crippen molar-refractivity contribution in [3.05, 3.63) is 24.3 Å². The van der Waals surface area contributed by atoms with Gasteiger partial charge in [-0.05, 0) is 37.6 Å². The van der Waals surface area contributed by atoms with E-state index in [4.69, 9.17) is 10.9 Å². The highest BCUT2D eigenvalue weighted by atomic mass is 32.2. The maximum atomic E-state index is 11.1. The van der Waals surface area contributed by atoms with Crippen molar-refractivity contribution in [2.75, 3.05) is 18.5 Å². The van der Waals surface area contributed by atoms with Gasteiger partial charge in [-0.1, -0.05) is 0 Å². The molecule has 1 aromatic carbocycles. The Balaban J connectivity index is 2.74. The van der Waals surface area contributed by atoms with Crippen molar-refractivity contribution in [3.63, 3.8) is 0 Å². The fourth-order valence-electron chi connectivity index (χ4n) is 1.42. The van der Waals surface area contributed by atoms with Crippen LogP contribution in [0.4, 0.5) is 5.69 Å². The number of sulfonamides is 1. The Morgan fingerprint density at radius 3 is 2.24 bits per heavy atom. The van der Waals surface area contributed by atoms with Crippen LogP contribution in [0.1, 0.15) is 13.3 Å². The molecule has 0 bridgehead atoms. The lowest BCUT2D eigenvalue weighted by Crippen LogP contribution is -2.25. The molecule has 0 aromatic heterocycles. The van der Waals surface area contributed by atoms with E-state index in [0.29, 0.717) is 0 Å². The van der Waals surface area contributed by atoms with Crippen LogP contribution in [0.5, 0.6) is 0 Å². The quantitative estimate of drug-likeness (QED) is 0.804. The first-order valence-corrected chi connectivity index (χ1v) is 6.95. The molecule has 0 spiro atoms. The zero-order valence-electron chi connectivity index (χ0n) is 10.1. The summed E-state index contributed by atoms with van der Waals surface area (Å²) >= 11 is 0. The molecule has 0 saturated heterocycles. The summed E-state index contributed by atoms with van der Waals surface area (Å²) in [4.78, 5) is 2.15. The number of benzene rings is 1. The normalized spacial score (nSPS) is 13.4. The van der Waals surface area contributed by atoms with Gasteiger partial charge in [0.2, 0.25) is 10.0 Å². The SMILES string of the molecule is CC(N)CCN(C)c1ccc(S(N)(=O)=O)cc1. The first-order chi connectivity index (χ1) is 7.80. The molecular formula is C11H19N3O2S. The van der Waals surface area contributed by atoms with Crippen LogP contribution >= 0.6 is 0 Å². The van der Waals surface area contributed by atoms with Crippen LogP contribution in [0, 0.1) is 0 Å². The Bertz CT molecular complexity index is 454. The summed E-state index contributed by atoms with van der Waals surface area (Å²) in [6, 6.07) is 6.64. The van der Waals surface area contributed by atoms with E-state index in [9.17, 15) is 8.42 Å². The second kappa shape index (κ2) is 5.48. The van der Waals surface area contributed by atoms with Crippen LogP contribution in [0.25, 0.3) is 0 Å². The molecule has 0 amide bonds. The van der Waals surface area contributed by atoms with E-state index in [-0.39, 0.29) is 10.9 Å². The van der Waals surface area contributed by atoms with E-state index in [1.807, 2.05) is 18.9 Å². The summed E-state index contributed by atoms with van der Waals surface area (Å²) in [6.45, 7) is 2.78. The van der Waals surface area contributed by atoms with Crippen molar-refractivity contribution in [1.29, 1.82) is 0 Å². The number of rotatable bonds is 5. The minimum atomic E-state index is -3.61. The van der Waals surface area contributed by atoms with Gasteiger partial charge < -0.3 is 10.6 Å². The van der Waals surface area contributed by atoms with E-state index in [2.05, 4.69) is 0 Å². The largest absolute Gasteiger partial charge is 0.375 e. The van der Waals surface area contributed by atoms with Crippen LogP contribution in [-0.2, 0) is 10.0 Å². The molecule has 0 radical (unpaired) electrons. The fourth-order valence-corrected chi connectivity index (χ4v) is 1.93. The molecule has 5 nitrogen and oxygen atoms in total. The van der Waals surface area contributed by atoms with Gasteiger partial charge in [0.05, 0.1) is 4.90 Å².